The highest BCUT2D eigenvalue weighted by Crippen LogP contribution is 2.51. The Labute approximate surface area is 83.1 Å². The van der Waals surface area contributed by atoms with Crippen LogP contribution in [-0.4, -0.2) is 0 Å². The van der Waals surface area contributed by atoms with Crippen LogP contribution in [0.15, 0.2) is 0 Å². The van der Waals surface area contributed by atoms with Gasteiger partial charge in [-0.3, -0.25) is 0 Å². The van der Waals surface area contributed by atoms with Gasteiger partial charge in [0.05, 0.1) is 0 Å². The van der Waals surface area contributed by atoms with Crippen molar-refractivity contribution in [1.82, 2.24) is 0 Å². The molecule has 0 aromatic rings. The summed E-state index contributed by atoms with van der Waals surface area (Å²) in [7, 11) is 0. The molecule has 0 bridgehead atoms. The van der Waals surface area contributed by atoms with Crippen molar-refractivity contribution in [3.63, 3.8) is 0 Å². The van der Waals surface area contributed by atoms with Gasteiger partial charge in [0.2, 0.25) is 0 Å². The average Bonchev–Trinajstić information content (AvgIpc) is 2.85. The van der Waals surface area contributed by atoms with E-state index in [1.807, 2.05) is 5.92 Å². The Balaban J connectivity index is 1.98. The molecule has 0 nitrogen and oxygen atoms in total. The molecule has 0 spiro atoms. The van der Waals surface area contributed by atoms with E-state index in [0.717, 1.165) is 23.7 Å². The molecule has 0 heteroatoms. The van der Waals surface area contributed by atoms with Crippen LogP contribution in [0.4, 0.5) is 0 Å². The second-order valence-corrected chi connectivity index (χ2v) is 5.59. The third kappa shape index (κ3) is 2.08. The first kappa shape index (κ1) is 9.55. The third-order valence-corrected chi connectivity index (χ3v) is 3.94. The van der Waals surface area contributed by atoms with Gasteiger partial charge in [0, 0.05) is 0 Å². The molecule has 0 N–H and O–H groups in total. The van der Waals surface area contributed by atoms with Crippen molar-refractivity contribution in [3.05, 3.63) is 5.92 Å². The van der Waals surface area contributed by atoms with Crippen molar-refractivity contribution in [3.8, 4) is 0 Å². The Hall–Kier alpha value is 0. The van der Waals surface area contributed by atoms with Crippen molar-refractivity contribution >= 4 is 0 Å². The Morgan fingerprint density at radius 2 is 1.77 bits per heavy atom. The summed E-state index contributed by atoms with van der Waals surface area (Å²) in [6.45, 7) is 7.24. The molecule has 13 heavy (non-hydrogen) atoms. The van der Waals surface area contributed by atoms with E-state index in [2.05, 4.69) is 20.8 Å². The van der Waals surface area contributed by atoms with Gasteiger partial charge in [0.1, 0.15) is 0 Å². The maximum absolute atomic E-state index is 2.43. The largest absolute Gasteiger partial charge is 0.0625 e. The molecular weight excluding hydrogens is 156 g/mol. The Kier molecular flexibility index (Phi) is 2.67. The first-order chi connectivity index (χ1) is 6.18. The predicted octanol–water partition coefficient (Wildman–Crippen LogP) is 4.06. The van der Waals surface area contributed by atoms with Crippen molar-refractivity contribution < 1.29 is 0 Å². The highest BCUT2D eigenvalue weighted by molar-refractivity contribution is 5.10. The highest BCUT2D eigenvalue weighted by atomic mass is 14.5. The minimum Gasteiger partial charge on any atom is -0.0625 e. The van der Waals surface area contributed by atoms with Crippen molar-refractivity contribution in [1.29, 1.82) is 0 Å². The molecule has 0 heterocycles. The summed E-state index contributed by atoms with van der Waals surface area (Å²) in [5.41, 5.74) is 0. The zero-order valence-corrected chi connectivity index (χ0v) is 9.34. The lowest BCUT2D eigenvalue weighted by molar-refractivity contribution is 0.247. The van der Waals surface area contributed by atoms with Crippen LogP contribution in [0.3, 0.4) is 0 Å². The van der Waals surface area contributed by atoms with E-state index < -0.39 is 0 Å². The van der Waals surface area contributed by atoms with Gasteiger partial charge in [-0.25, -0.2) is 0 Å². The molecule has 2 unspecified atom stereocenters. The van der Waals surface area contributed by atoms with E-state index >= 15 is 0 Å². The van der Waals surface area contributed by atoms with Crippen LogP contribution in [0.25, 0.3) is 0 Å². The molecule has 75 valence electrons. The first-order valence-electron chi connectivity index (χ1n) is 6.04. The number of hydrogen-bond donors (Lipinski definition) is 0. The lowest BCUT2D eigenvalue weighted by atomic mass is 9.68. The molecular formula is C13H23. The Morgan fingerprint density at radius 3 is 2.31 bits per heavy atom. The monoisotopic (exact) mass is 179 g/mol. The summed E-state index contributed by atoms with van der Waals surface area (Å²) in [4.78, 5) is 0. The lowest BCUT2D eigenvalue weighted by Crippen LogP contribution is -2.27. The van der Waals surface area contributed by atoms with Crippen LogP contribution < -0.4 is 0 Å². The molecule has 2 atom stereocenters. The summed E-state index contributed by atoms with van der Waals surface area (Å²) in [5.74, 6) is 5.85. The van der Waals surface area contributed by atoms with Gasteiger partial charge in [-0.15, -0.1) is 0 Å². The van der Waals surface area contributed by atoms with E-state index in [0.29, 0.717) is 0 Å². The van der Waals surface area contributed by atoms with Crippen molar-refractivity contribution in [2.75, 3.05) is 0 Å². The topological polar surface area (TPSA) is 0 Å². The second kappa shape index (κ2) is 3.63. The summed E-state index contributed by atoms with van der Waals surface area (Å²) >= 11 is 0. The van der Waals surface area contributed by atoms with E-state index in [9.17, 15) is 0 Å². The molecule has 0 amide bonds. The second-order valence-electron chi connectivity index (χ2n) is 5.59. The van der Waals surface area contributed by atoms with Gasteiger partial charge < -0.3 is 0 Å². The van der Waals surface area contributed by atoms with Crippen LogP contribution in [0.1, 0.15) is 52.9 Å². The zero-order valence-electron chi connectivity index (χ0n) is 9.34. The third-order valence-electron chi connectivity index (χ3n) is 3.94. The van der Waals surface area contributed by atoms with Crippen molar-refractivity contribution in [2.24, 2.45) is 23.7 Å². The smallest absolute Gasteiger partial charge is 0.0174 e. The quantitative estimate of drug-likeness (QED) is 0.599. The molecule has 1 radical (unpaired) electrons. The van der Waals surface area contributed by atoms with Gasteiger partial charge in [-0.2, -0.15) is 0 Å². The molecule has 2 aliphatic carbocycles. The predicted molar refractivity (Wildman–Crippen MR) is 57.3 cm³/mol. The fourth-order valence-corrected chi connectivity index (χ4v) is 2.99. The molecule has 2 fully saturated rings. The molecule has 0 saturated heterocycles. The number of rotatable bonds is 2. The van der Waals surface area contributed by atoms with Gasteiger partial charge in [0.25, 0.3) is 0 Å². The molecule has 2 rings (SSSR count). The SMILES string of the molecule is CC1CCC(C(C)C)[C](C2CC2)C1. The minimum atomic E-state index is 0.892. The maximum Gasteiger partial charge on any atom is -0.0174 e. The van der Waals surface area contributed by atoms with E-state index in [4.69, 9.17) is 0 Å². The lowest BCUT2D eigenvalue weighted by Gasteiger charge is -2.37. The van der Waals surface area contributed by atoms with Gasteiger partial charge in [-0.1, -0.05) is 27.2 Å². The van der Waals surface area contributed by atoms with E-state index in [1.165, 1.54) is 32.1 Å². The van der Waals surface area contributed by atoms with Crippen LogP contribution in [0.2, 0.25) is 0 Å². The van der Waals surface area contributed by atoms with Crippen molar-refractivity contribution in [2.45, 2.75) is 52.9 Å². The Morgan fingerprint density at radius 1 is 1.08 bits per heavy atom. The number of hydrogen-bond acceptors (Lipinski definition) is 0. The Bertz CT molecular complexity index is 167. The first-order valence-corrected chi connectivity index (χ1v) is 6.04. The summed E-state index contributed by atoms with van der Waals surface area (Å²) < 4.78 is 0. The fourth-order valence-electron chi connectivity index (χ4n) is 2.99. The summed E-state index contributed by atoms with van der Waals surface area (Å²) in [5, 5.41) is 0. The highest BCUT2D eigenvalue weighted by Gasteiger charge is 2.40. The summed E-state index contributed by atoms with van der Waals surface area (Å²) in [6, 6.07) is 0. The van der Waals surface area contributed by atoms with Gasteiger partial charge in [0.15, 0.2) is 0 Å². The van der Waals surface area contributed by atoms with Crippen LogP contribution in [0.5, 0.6) is 0 Å². The normalized spacial score (nSPS) is 36.9. The van der Waals surface area contributed by atoms with E-state index in [-0.39, 0.29) is 0 Å². The van der Waals surface area contributed by atoms with Crippen LogP contribution >= 0.6 is 0 Å². The van der Waals surface area contributed by atoms with Crippen LogP contribution in [-0.2, 0) is 0 Å². The minimum absolute atomic E-state index is 0.892. The average molecular weight is 179 g/mol. The van der Waals surface area contributed by atoms with Crippen LogP contribution in [0, 0.1) is 29.6 Å². The van der Waals surface area contributed by atoms with E-state index in [1.54, 1.807) is 0 Å². The van der Waals surface area contributed by atoms with Gasteiger partial charge in [-0.05, 0) is 55.3 Å². The molecule has 0 aromatic carbocycles. The molecule has 0 aromatic heterocycles. The molecule has 2 saturated carbocycles. The summed E-state index contributed by atoms with van der Waals surface area (Å²) in [6.07, 6.45) is 7.41. The zero-order chi connectivity index (χ0) is 9.42. The maximum atomic E-state index is 2.43. The fraction of sp³-hybridized carbons (Fsp3) is 0.923. The molecule has 2 aliphatic rings. The standard InChI is InChI=1S/C13H23/c1-9(2)12-7-4-10(3)8-13(12)11-5-6-11/h9-12H,4-8H2,1-3H3. The molecule has 0 aliphatic heterocycles. The van der Waals surface area contributed by atoms with Gasteiger partial charge >= 0.3 is 0 Å².